The van der Waals surface area contributed by atoms with Gasteiger partial charge in [0.05, 0.1) is 49.8 Å². The third-order valence-electron chi connectivity index (χ3n) is 4.83. The molecule has 0 radical (unpaired) electrons. The van der Waals surface area contributed by atoms with Crippen molar-refractivity contribution < 1.29 is 23.4 Å². The first-order chi connectivity index (χ1) is 15.5. The van der Waals surface area contributed by atoms with Gasteiger partial charge in [-0.05, 0) is 24.6 Å². The molecular weight excluding hydrogens is 434 g/mol. The van der Waals surface area contributed by atoms with Gasteiger partial charge in [-0.15, -0.1) is 0 Å². The van der Waals surface area contributed by atoms with Gasteiger partial charge in [0.1, 0.15) is 5.76 Å². The van der Waals surface area contributed by atoms with Crippen LogP contribution in [0.5, 0.6) is 11.5 Å². The summed E-state index contributed by atoms with van der Waals surface area (Å²) >= 11 is 1.24. The van der Waals surface area contributed by atoms with Crippen LogP contribution in [0.15, 0.2) is 44.9 Å². The zero-order valence-corrected chi connectivity index (χ0v) is 19.4. The van der Waals surface area contributed by atoms with Gasteiger partial charge in [-0.2, -0.15) is 0 Å². The summed E-state index contributed by atoms with van der Waals surface area (Å²) in [6.07, 6.45) is 2.11. The third-order valence-corrected chi connectivity index (χ3v) is 6.19. The second-order valence-electron chi connectivity index (χ2n) is 6.89. The van der Waals surface area contributed by atoms with Crippen LogP contribution in [-0.2, 0) is 16.1 Å². The van der Waals surface area contributed by atoms with E-state index in [0.717, 1.165) is 0 Å². The topological polar surface area (TPSA) is 105 Å². The molecule has 0 saturated heterocycles. The fourth-order valence-corrected chi connectivity index (χ4v) is 4.19. The Morgan fingerprint density at radius 1 is 1.25 bits per heavy atom. The smallest absolute Gasteiger partial charge is 0.262 e. The zero-order chi connectivity index (χ0) is 23.1. The Labute approximate surface area is 190 Å². The summed E-state index contributed by atoms with van der Waals surface area (Å²) in [5.41, 5.74) is 0.199. The number of nitrogens with one attached hydrogen (secondary N) is 1. The van der Waals surface area contributed by atoms with Crippen molar-refractivity contribution in [3.63, 3.8) is 0 Å². The minimum absolute atomic E-state index is 0.138. The van der Waals surface area contributed by atoms with Crippen LogP contribution >= 0.6 is 11.8 Å². The van der Waals surface area contributed by atoms with Gasteiger partial charge in [0.25, 0.3) is 5.56 Å². The van der Waals surface area contributed by atoms with E-state index < -0.39 is 5.25 Å². The predicted octanol–water partition coefficient (Wildman–Crippen LogP) is 2.69. The lowest BCUT2D eigenvalue weighted by Crippen LogP contribution is -2.35. The summed E-state index contributed by atoms with van der Waals surface area (Å²) < 4.78 is 22.7. The summed E-state index contributed by atoms with van der Waals surface area (Å²) in [6.45, 7) is 2.93. The maximum atomic E-state index is 13.4. The monoisotopic (exact) mass is 461 g/mol. The molecule has 3 aromatic rings. The number of benzene rings is 1. The summed E-state index contributed by atoms with van der Waals surface area (Å²) in [6, 6.07) is 6.82. The Balaban J connectivity index is 2.07. The fourth-order valence-electron chi connectivity index (χ4n) is 3.16. The Bertz CT molecular complexity index is 1110. The normalized spacial score (nSPS) is 12.0. The molecule has 9 nitrogen and oxygen atoms in total. The standard InChI is InChI=1S/C22H27N3O6S/c1-5-19(20(26)23-8-10-28-2)32-22-24-16-12-18(30-4)17(29-3)11-15(16)21(27)25(22)13-14-7-6-9-31-14/h6-7,9,11-12,19H,5,8,10,13H2,1-4H3,(H,23,26)/t19-/m0/s1. The average molecular weight is 462 g/mol. The van der Waals surface area contributed by atoms with E-state index >= 15 is 0 Å². The lowest BCUT2D eigenvalue weighted by Gasteiger charge is -2.18. The molecule has 1 amide bonds. The molecule has 0 aliphatic heterocycles. The molecule has 10 heteroatoms. The Kier molecular flexibility index (Phi) is 8.18. The second kappa shape index (κ2) is 11.1. The quantitative estimate of drug-likeness (QED) is 0.264. The highest BCUT2D eigenvalue weighted by atomic mass is 32.2. The van der Waals surface area contributed by atoms with E-state index in [2.05, 4.69) is 5.32 Å². The van der Waals surface area contributed by atoms with Crippen molar-refractivity contribution in [2.45, 2.75) is 30.3 Å². The van der Waals surface area contributed by atoms with Crippen molar-refractivity contribution in [3.05, 3.63) is 46.6 Å². The van der Waals surface area contributed by atoms with Crippen LogP contribution in [0.3, 0.4) is 0 Å². The maximum Gasteiger partial charge on any atom is 0.262 e. The number of ether oxygens (including phenoxy) is 3. The van der Waals surface area contributed by atoms with Gasteiger partial charge in [0, 0.05) is 19.7 Å². The van der Waals surface area contributed by atoms with Crippen LogP contribution in [0.25, 0.3) is 10.9 Å². The molecule has 0 fully saturated rings. The number of amides is 1. The predicted molar refractivity (Wildman–Crippen MR) is 122 cm³/mol. The first-order valence-corrected chi connectivity index (χ1v) is 11.0. The Hall–Kier alpha value is -2.98. The number of rotatable bonds is 11. The molecule has 0 unspecified atom stereocenters. The van der Waals surface area contributed by atoms with Crippen LogP contribution in [0.4, 0.5) is 0 Å². The molecule has 1 N–H and O–H groups in total. The number of furan rings is 1. The first kappa shape index (κ1) is 23.7. The first-order valence-electron chi connectivity index (χ1n) is 10.1. The summed E-state index contributed by atoms with van der Waals surface area (Å²) in [4.78, 5) is 30.8. The molecule has 2 heterocycles. The molecule has 0 saturated carbocycles. The highest BCUT2D eigenvalue weighted by molar-refractivity contribution is 8.00. The number of hydrogen-bond donors (Lipinski definition) is 1. The Morgan fingerprint density at radius 2 is 2.00 bits per heavy atom. The number of aromatic nitrogens is 2. The maximum absolute atomic E-state index is 13.4. The van der Waals surface area contributed by atoms with E-state index in [1.165, 1.54) is 30.5 Å². The molecule has 0 spiro atoms. The van der Waals surface area contributed by atoms with Gasteiger partial charge in [0.15, 0.2) is 16.7 Å². The number of thioether (sulfide) groups is 1. The van der Waals surface area contributed by atoms with Crippen molar-refractivity contribution in [2.75, 3.05) is 34.5 Å². The van der Waals surface area contributed by atoms with Crippen LogP contribution in [-0.4, -0.2) is 55.2 Å². The lowest BCUT2D eigenvalue weighted by atomic mass is 10.2. The van der Waals surface area contributed by atoms with Crippen LogP contribution in [0.2, 0.25) is 0 Å². The summed E-state index contributed by atoms with van der Waals surface area (Å²) in [7, 11) is 4.61. The van der Waals surface area contributed by atoms with Gasteiger partial charge in [0.2, 0.25) is 5.91 Å². The van der Waals surface area contributed by atoms with E-state index in [9.17, 15) is 9.59 Å². The SMILES string of the molecule is CC[C@H](Sc1nc2cc(OC)c(OC)cc2c(=O)n1Cc1ccco1)C(=O)NCCOC. The van der Waals surface area contributed by atoms with E-state index in [1.807, 2.05) is 6.92 Å². The number of fused-ring (bicyclic) bond motifs is 1. The largest absolute Gasteiger partial charge is 0.493 e. The molecule has 1 aromatic carbocycles. The van der Waals surface area contributed by atoms with Crippen molar-refractivity contribution >= 4 is 28.6 Å². The van der Waals surface area contributed by atoms with Crippen molar-refractivity contribution in [1.29, 1.82) is 0 Å². The number of hydrogen-bond acceptors (Lipinski definition) is 8. The van der Waals surface area contributed by atoms with Gasteiger partial charge in [-0.3, -0.25) is 14.2 Å². The summed E-state index contributed by atoms with van der Waals surface area (Å²) in [5.74, 6) is 1.37. The van der Waals surface area contributed by atoms with Crippen LogP contribution in [0.1, 0.15) is 19.1 Å². The van der Waals surface area contributed by atoms with Gasteiger partial charge >= 0.3 is 0 Å². The average Bonchev–Trinajstić information content (AvgIpc) is 3.32. The molecule has 3 rings (SSSR count). The van der Waals surface area contributed by atoms with Crippen molar-refractivity contribution in [1.82, 2.24) is 14.9 Å². The molecule has 172 valence electrons. The Morgan fingerprint density at radius 3 is 2.62 bits per heavy atom. The van der Waals surface area contributed by atoms with E-state index in [4.69, 9.17) is 23.6 Å². The van der Waals surface area contributed by atoms with Gasteiger partial charge < -0.3 is 23.9 Å². The van der Waals surface area contributed by atoms with E-state index in [0.29, 0.717) is 52.9 Å². The second-order valence-corrected chi connectivity index (χ2v) is 8.06. The number of carbonyl (C=O) groups excluding carboxylic acids is 1. The van der Waals surface area contributed by atoms with Crippen LogP contribution in [0, 0.1) is 0 Å². The minimum Gasteiger partial charge on any atom is -0.493 e. The van der Waals surface area contributed by atoms with Gasteiger partial charge in [-0.1, -0.05) is 18.7 Å². The number of carbonyl (C=O) groups is 1. The fraction of sp³-hybridized carbons (Fsp3) is 0.409. The molecule has 32 heavy (non-hydrogen) atoms. The van der Waals surface area contributed by atoms with Crippen molar-refractivity contribution in [3.8, 4) is 11.5 Å². The molecule has 0 aliphatic carbocycles. The summed E-state index contributed by atoms with van der Waals surface area (Å²) in [5, 5.41) is 3.22. The van der Waals surface area contributed by atoms with E-state index in [-0.39, 0.29) is 18.0 Å². The van der Waals surface area contributed by atoms with Crippen molar-refractivity contribution in [2.24, 2.45) is 0 Å². The molecule has 0 aliphatic rings. The number of nitrogens with zero attached hydrogens (tertiary/aromatic N) is 2. The molecule has 0 bridgehead atoms. The highest BCUT2D eigenvalue weighted by Crippen LogP contribution is 2.32. The highest BCUT2D eigenvalue weighted by Gasteiger charge is 2.23. The van der Waals surface area contributed by atoms with Gasteiger partial charge in [-0.25, -0.2) is 4.98 Å². The zero-order valence-electron chi connectivity index (χ0n) is 18.5. The third kappa shape index (κ3) is 5.25. The minimum atomic E-state index is -0.431. The number of methoxy groups -OCH3 is 3. The van der Waals surface area contributed by atoms with E-state index in [1.54, 1.807) is 37.6 Å². The molecular formula is C22H27N3O6S. The lowest BCUT2D eigenvalue weighted by molar-refractivity contribution is -0.120. The van der Waals surface area contributed by atoms with Crippen LogP contribution < -0.4 is 20.3 Å². The molecule has 1 atom stereocenters. The molecule has 2 aromatic heterocycles.